The number of hydrogen-bond acceptors (Lipinski definition) is 3. The van der Waals surface area contributed by atoms with E-state index in [4.69, 9.17) is 9.73 Å². The molecule has 25 heavy (non-hydrogen) atoms. The molecule has 6 nitrogen and oxygen atoms in total. The first-order valence-electron chi connectivity index (χ1n) is 8.81. The zero-order chi connectivity index (χ0) is 18.1. The number of rotatable bonds is 8. The van der Waals surface area contributed by atoms with Gasteiger partial charge in [0.1, 0.15) is 11.9 Å². The topological polar surface area (TPSA) is 54.7 Å². The molecule has 1 N–H and O–H groups in total. The van der Waals surface area contributed by atoms with E-state index in [1.165, 1.54) is 0 Å². The molecule has 1 aromatic heterocycles. The number of guanidine groups is 1. The molecule has 0 saturated carbocycles. The Morgan fingerprint density at radius 1 is 1.32 bits per heavy atom. The number of aryl methyl sites for hydroxylation is 1. The molecule has 1 heterocycles. The SMILES string of the molecule is CCNC(=NCC(CC)Oc1ccccc1)N(C)Cc1cnn(C)c1. The second-order valence-electron chi connectivity index (χ2n) is 6.03. The van der Waals surface area contributed by atoms with Crippen molar-refractivity contribution in [3.8, 4) is 5.75 Å². The number of ether oxygens (including phenoxy) is 1. The molecule has 2 rings (SSSR count). The van der Waals surface area contributed by atoms with E-state index in [9.17, 15) is 0 Å². The van der Waals surface area contributed by atoms with Gasteiger partial charge in [-0.25, -0.2) is 4.99 Å². The van der Waals surface area contributed by atoms with Gasteiger partial charge in [-0.15, -0.1) is 0 Å². The third-order valence-corrected chi connectivity index (χ3v) is 3.82. The Labute approximate surface area is 150 Å². The average Bonchev–Trinajstić information content (AvgIpc) is 3.02. The van der Waals surface area contributed by atoms with Gasteiger partial charge in [0.2, 0.25) is 0 Å². The van der Waals surface area contributed by atoms with Gasteiger partial charge >= 0.3 is 0 Å². The zero-order valence-electron chi connectivity index (χ0n) is 15.6. The summed E-state index contributed by atoms with van der Waals surface area (Å²) < 4.78 is 7.84. The quantitative estimate of drug-likeness (QED) is 0.591. The molecule has 0 aliphatic heterocycles. The number of para-hydroxylation sites is 1. The zero-order valence-corrected chi connectivity index (χ0v) is 15.6. The maximum absolute atomic E-state index is 6.03. The fourth-order valence-electron chi connectivity index (χ4n) is 2.50. The third-order valence-electron chi connectivity index (χ3n) is 3.82. The molecule has 6 heteroatoms. The van der Waals surface area contributed by atoms with Crippen LogP contribution in [0.3, 0.4) is 0 Å². The summed E-state index contributed by atoms with van der Waals surface area (Å²) in [6.07, 6.45) is 4.87. The molecule has 0 fully saturated rings. The highest BCUT2D eigenvalue weighted by atomic mass is 16.5. The standard InChI is InChI=1S/C19H29N5O/c1-5-17(25-18-10-8-7-9-11-18)13-21-19(20-6-2)23(3)14-16-12-22-24(4)15-16/h7-12,15,17H,5-6,13-14H2,1-4H3,(H,20,21). The summed E-state index contributed by atoms with van der Waals surface area (Å²) in [4.78, 5) is 6.87. The van der Waals surface area contributed by atoms with Crippen LogP contribution in [0.15, 0.2) is 47.7 Å². The fraction of sp³-hybridized carbons (Fsp3) is 0.474. The van der Waals surface area contributed by atoms with Crippen molar-refractivity contribution < 1.29 is 4.74 Å². The fourth-order valence-corrected chi connectivity index (χ4v) is 2.50. The van der Waals surface area contributed by atoms with Crippen molar-refractivity contribution in [2.45, 2.75) is 32.9 Å². The van der Waals surface area contributed by atoms with Crippen molar-refractivity contribution in [3.05, 3.63) is 48.3 Å². The number of hydrogen-bond donors (Lipinski definition) is 1. The average molecular weight is 343 g/mol. The Morgan fingerprint density at radius 2 is 2.08 bits per heavy atom. The molecule has 0 radical (unpaired) electrons. The van der Waals surface area contributed by atoms with Crippen LogP contribution in [0.1, 0.15) is 25.8 Å². The van der Waals surface area contributed by atoms with E-state index in [1.807, 2.05) is 61.5 Å². The summed E-state index contributed by atoms with van der Waals surface area (Å²) in [6.45, 7) is 6.40. The molecule has 0 aliphatic rings. The lowest BCUT2D eigenvalue weighted by atomic mass is 10.2. The van der Waals surface area contributed by atoms with Gasteiger partial charge in [-0.05, 0) is 25.5 Å². The van der Waals surface area contributed by atoms with Gasteiger partial charge in [0.05, 0.1) is 12.7 Å². The minimum atomic E-state index is 0.0582. The molecule has 1 atom stereocenters. The summed E-state index contributed by atoms with van der Waals surface area (Å²) in [5, 5.41) is 7.56. The van der Waals surface area contributed by atoms with Gasteiger partial charge in [0.15, 0.2) is 5.96 Å². The second-order valence-corrected chi connectivity index (χ2v) is 6.03. The summed E-state index contributed by atoms with van der Waals surface area (Å²) in [7, 11) is 3.96. The second kappa shape index (κ2) is 9.71. The molecular formula is C19H29N5O. The van der Waals surface area contributed by atoms with Crippen LogP contribution in [-0.2, 0) is 13.6 Å². The largest absolute Gasteiger partial charge is 0.489 e. The van der Waals surface area contributed by atoms with Gasteiger partial charge in [0.25, 0.3) is 0 Å². The predicted octanol–water partition coefficient (Wildman–Crippen LogP) is 2.68. The summed E-state index contributed by atoms with van der Waals surface area (Å²) in [6, 6.07) is 9.91. The number of aromatic nitrogens is 2. The van der Waals surface area contributed by atoms with Crippen LogP contribution in [0.25, 0.3) is 0 Å². The minimum absolute atomic E-state index is 0.0582. The highest BCUT2D eigenvalue weighted by Gasteiger charge is 2.11. The summed E-state index contributed by atoms with van der Waals surface area (Å²) in [5.41, 5.74) is 1.16. The molecule has 0 amide bonds. The lowest BCUT2D eigenvalue weighted by molar-refractivity contribution is 0.205. The molecule has 136 valence electrons. The van der Waals surface area contributed by atoms with Gasteiger partial charge in [-0.3, -0.25) is 4.68 Å². The van der Waals surface area contributed by atoms with Crippen molar-refractivity contribution in [1.82, 2.24) is 20.0 Å². The van der Waals surface area contributed by atoms with Crippen LogP contribution in [0, 0.1) is 0 Å². The van der Waals surface area contributed by atoms with Crippen LogP contribution in [0.2, 0.25) is 0 Å². The molecule has 2 aromatic rings. The highest BCUT2D eigenvalue weighted by Crippen LogP contribution is 2.13. The van der Waals surface area contributed by atoms with Gasteiger partial charge < -0.3 is 15.0 Å². The van der Waals surface area contributed by atoms with Crippen molar-refractivity contribution >= 4 is 5.96 Å². The van der Waals surface area contributed by atoms with Gasteiger partial charge in [0, 0.05) is 38.9 Å². The lowest BCUT2D eigenvalue weighted by Gasteiger charge is -2.23. The van der Waals surface area contributed by atoms with E-state index in [-0.39, 0.29) is 6.10 Å². The van der Waals surface area contributed by atoms with E-state index >= 15 is 0 Å². The van der Waals surface area contributed by atoms with Crippen LogP contribution >= 0.6 is 0 Å². The van der Waals surface area contributed by atoms with Crippen LogP contribution in [-0.4, -0.2) is 46.9 Å². The first-order valence-corrected chi connectivity index (χ1v) is 8.81. The van der Waals surface area contributed by atoms with Crippen molar-refractivity contribution in [2.75, 3.05) is 20.1 Å². The Hall–Kier alpha value is -2.50. The maximum Gasteiger partial charge on any atom is 0.194 e. The van der Waals surface area contributed by atoms with E-state index in [0.717, 1.165) is 36.8 Å². The van der Waals surface area contributed by atoms with Gasteiger partial charge in [-0.1, -0.05) is 25.1 Å². The van der Waals surface area contributed by atoms with Crippen molar-refractivity contribution in [1.29, 1.82) is 0 Å². The van der Waals surface area contributed by atoms with Gasteiger partial charge in [-0.2, -0.15) is 5.10 Å². The Balaban J connectivity index is 1.98. The Morgan fingerprint density at radius 3 is 2.68 bits per heavy atom. The normalized spacial score (nSPS) is 12.7. The van der Waals surface area contributed by atoms with Crippen molar-refractivity contribution in [3.63, 3.8) is 0 Å². The molecule has 0 bridgehead atoms. The maximum atomic E-state index is 6.03. The lowest BCUT2D eigenvalue weighted by Crippen LogP contribution is -2.39. The molecule has 0 aliphatic carbocycles. The van der Waals surface area contributed by atoms with E-state index in [2.05, 4.69) is 29.2 Å². The Kier molecular flexibility index (Phi) is 7.32. The molecule has 1 aromatic carbocycles. The van der Waals surface area contributed by atoms with Crippen molar-refractivity contribution in [2.24, 2.45) is 12.0 Å². The molecule has 1 unspecified atom stereocenters. The Bertz CT molecular complexity index is 653. The van der Waals surface area contributed by atoms with E-state index < -0.39 is 0 Å². The molecule has 0 saturated heterocycles. The molecule has 0 spiro atoms. The minimum Gasteiger partial charge on any atom is -0.489 e. The first-order chi connectivity index (χ1) is 12.1. The number of benzene rings is 1. The number of aliphatic imine (C=N–C) groups is 1. The van der Waals surface area contributed by atoms with E-state index in [0.29, 0.717) is 6.54 Å². The van der Waals surface area contributed by atoms with E-state index in [1.54, 1.807) is 0 Å². The summed E-state index contributed by atoms with van der Waals surface area (Å²) in [5.74, 6) is 1.76. The van der Waals surface area contributed by atoms with Crippen LogP contribution in [0.4, 0.5) is 0 Å². The predicted molar refractivity (Wildman–Crippen MR) is 102 cm³/mol. The number of nitrogens with one attached hydrogen (secondary N) is 1. The number of nitrogens with zero attached hydrogens (tertiary/aromatic N) is 4. The smallest absolute Gasteiger partial charge is 0.194 e. The summed E-state index contributed by atoms with van der Waals surface area (Å²) >= 11 is 0. The highest BCUT2D eigenvalue weighted by molar-refractivity contribution is 5.79. The van der Waals surface area contributed by atoms with Crippen LogP contribution < -0.4 is 10.1 Å². The molecular weight excluding hydrogens is 314 g/mol. The monoisotopic (exact) mass is 343 g/mol. The van der Waals surface area contributed by atoms with Crippen LogP contribution in [0.5, 0.6) is 5.75 Å². The first kappa shape index (κ1) is 18.8. The third kappa shape index (κ3) is 6.14.